The van der Waals surface area contributed by atoms with Crippen molar-refractivity contribution in [3.63, 3.8) is 0 Å². The van der Waals surface area contributed by atoms with Gasteiger partial charge < -0.3 is 10.2 Å². The Kier molecular flexibility index (Phi) is 7.56. The van der Waals surface area contributed by atoms with Crippen LogP contribution in [0.5, 0.6) is 0 Å². The van der Waals surface area contributed by atoms with Crippen molar-refractivity contribution in [2.24, 2.45) is 5.92 Å². The first kappa shape index (κ1) is 18.8. The number of carbonyl (C=O) groups excluding carboxylic acids is 2. The zero-order valence-electron chi connectivity index (χ0n) is 14.1. The number of likely N-dealkylation sites (tertiary alicyclic amines) is 1. The molecule has 2 amide bonds. The Bertz CT molecular complexity index is 568. The van der Waals surface area contributed by atoms with Gasteiger partial charge in [-0.2, -0.15) is 11.8 Å². The van der Waals surface area contributed by atoms with Gasteiger partial charge in [0.2, 0.25) is 11.8 Å². The van der Waals surface area contributed by atoms with Gasteiger partial charge >= 0.3 is 0 Å². The first-order valence-electron chi connectivity index (χ1n) is 8.39. The number of nitrogens with zero attached hydrogens (tertiary/aromatic N) is 1. The summed E-state index contributed by atoms with van der Waals surface area (Å²) in [7, 11) is 0. The van der Waals surface area contributed by atoms with Crippen molar-refractivity contribution in [2.45, 2.75) is 25.7 Å². The molecule has 0 bridgehead atoms. The molecule has 0 radical (unpaired) electrons. The third-order valence-electron chi connectivity index (χ3n) is 4.25. The van der Waals surface area contributed by atoms with Gasteiger partial charge in [0.05, 0.1) is 5.92 Å². The van der Waals surface area contributed by atoms with Crippen LogP contribution in [0.15, 0.2) is 24.3 Å². The molecule has 1 aromatic carbocycles. The summed E-state index contributed by atoms with van der Waals surface area (Å²) in [4.78, 5) is 26.0. The van der Waals surface area contributed by atoms with E-state index in [1.54, 1.807) is 22.7 Å². The molecule has 1 aromatic rings. The number of hydrogen-bond acceptors (Lipinski definition) is 3. The zero-order chi connectivity index (χ0) is 17.4. The predicted molar refractivity (Wildman–Crippen MR) is 95.4 cm³/mol. The summed E-state index contributed by atoms with van der Waals surface area (Å²) in [6, 6.07) is 6.43. The number of amides is 2. The highest BCUT2D eigenvalue weighted by Crippen LogP contribution is 2.18. The van der Waals surface area contributed by atoms with Crippen LogP contribution in [0.25, 0.3) is 0 Å². The molecule has 1 saturated heterocycles. The number of piperidine rings is 1. The van der Waals surface area contributed by atoms with Crippen molar-refractivity contribution in [2.75, 3.05) is 31.6 Å². The Morgan fingerprint density at radius 2 is 2.29 bits per heavy atom. The highest BCUT2D eigenvalue weighted by Gasteiger charge is 2.29. The number of nitrogens with one attached hydrogen (secondary N) is 1. The largest absolute Gasteiger partial charge is 0.356 e. The lowest BCUT2D eigenvalue weighted by Gasteiger charge is -2.32. The molecule has 1 aliphatic heterocycles. The van der Waals surface area contributed by atoms with E-state index in [0.717, 1.165) is 17.7 Å². The maximum absolute atomic E-state index is 13.2. The van der Waals surface area contributed by atoms with Crippen LogP contribution in [-0.2, 0) is 16.0 Å². The van der Waals surface area contributed by atoms with E-state index in [9.17, 15) is 14.0 Å². The van der Waals surface area contributed by atoms with E-state index in [-0.39, 0.29) is 23.5 Å². The molecule has 1 aliphatic rings. The molecule has 132 valence electrons. The second kappa shape index (κ2) is 9.67. The van der Waals surface area contributed by atoms with Crippen LogP contribution in [-0.4, -0.2) is 48.4 Å². The van der Waals surface area contributed by atoms with Crippen LogP contribution in [0, 0.1) is 11.7 Å². The molecule has 1 atom stereocenters. The molecule has 1 heterocycles. The van der Waals surface area contributed by atoms with E-state index in [1.807, 2.05) is 12.3 Å². The van der Waals surface area contributed by atoms with Crippen LogP contribution >= 0.6 is 11.8 Å². The smallest absolute Gasteiger partial charge is 0.224 e. The fourth-order valence-corrected chi connectivity index (χ4v) is 3.31. The average molecular weight is 352 g/mol. The first-order chi connectivity index (χ1) is 11.6. The highest BCUT2D eigenvalue weighted by molar-refractivity contribution is 7.98. The van der Waals surface area contributed by atoms with E-state index in [1.165, 1.54) is 12.1 Å². The molecule has 0 saturated carbocycles. The van der Waals surface area contributed by atoms with Gasteiger partial charge in [-0.1, -0.05) is 12.1 Å². The Morgan fingerprint density at radius 1 is 1.46 bits per heavy atom. The summed E-state index contributed by atoms with van der Waals surface area (Å²) in [6.07, 6.45) is 4.63. The molecule has 2 rings (SSSR count). The van der Waals surface area contributed by atoms with E-state index in [0.29, 0.717) is 38.9 Å². The number of rotatable bonds is 8. The maximum Gasteiger partial charge on any atom is 0.224 e. The second-order valence-electron chi connectivity index (χ2n) is 6.09. The Balaban J connectivity index is 1.81. The summed E-state index contributed by atoms with van der Waals surface area (Å²) in [6.45, 7) is 1.68. The van der Waals surface area contributed by atoms with E-state index in [4.69, 9.17) is 0 Å². The normalized spacial score (nSPS) is 17.8. The average Bonchev–Trinajstić information content (AvgIpc) is 2.58. The minimum atomic E-state index is -0.264. The maximum atomic E-state index is 13.2. The minimum absolute atomic E-state index is 0.0411. The number of thioether (sulfide) groups is 1. The van der Waals surface area contributed by atoms with Crippen molar-refractivity contribution >= 4 is 23.6 Å². The van der Waals surface area contributed by atoms with Gasteiger partial charge in [0.15, 0.2) is 0 Å². The van der Waals surface area contributed by atoms with Gasteiger partial charge in [-0.3, -0.25) is 9.59 Å². The van der Waals surface area contributed by atoms with E-state index < -0.39 is 0 Å². The van der Waals surface area contributed by atoms with Crippen molar-refractivity contribution in [1.82, 2.24) is 10.2 Å². The predicted octanol–water partition coefficient (Wildman–Crippen LogP) is 2.48. The third kappa shape index (κ3) is 5.82. The minimum Gasteiger partial charge on any atom is -0.356 e. The fraction of sp³-hybridized carbons (Fsp3) is 0.556. The van der Waals surface area contributed by atoms with Crippen LogP contribution in [0.1, 0.15) is 24.8 Å². The van der Waals surface area contributed by atoms with Crippen LogP contribution in [0.4, 0.5) is 4.39 Å². The zero-order valence-corrected chi connectivity index (χ0v) is 14.9. The van der Waals surface area contributed by atoms with E-state index in [2.05, 4.69) is 5.32 Å². The van der Waals surface area contributed by atoms with Crippen LogP contribution in [0.2, 0.25) is 0 Å². The van der Waals surface area contributed by atoms with Gasteiger partial charge in [0.25, 0.3) is 0 Å². The molecule has 4 nitrogen and oxygen atoms in total. The second-order valence-corrected chi connectivity index (χ2v) is 7.08. The number of benzene rings is 1. The Hall–Kier alpha value is -1.56. The van der Waals surface area contributed by atoms with Crippen molar-refractivity contribution in [1.29, 1.82) is 0 Å². The molecular formula is C18H25FN2O2S. The van der Waals surface area contributed by atoms with Gasteiger partial charge in [-0.05, 0) is 49.0 Å². The number of halogens is 1. The molecular weight excluding hydrogens is 327 g/mol. The van der Waals surface area contributed by atoms with E-state index >= 15 is 0 Å². The number of hydrogen-bond donors (Lipinski definition) is 1. The molecule has 6 heteroatoms. The summed E-state index contributed by atoms with van der Waals surface area (Å²) in [5.41, 5.74) is 0.867. The van der Waals surface area contributed by atoms with Gasteiger partial charge in [0.1, 0.15) is 5.82 Å². The number of carbonyl (C=O) groups is 2. The SMILES string of the molecule is CSCCCNC(=O)[C@H]1CCC(=O)N(CCc2cccc(F)c2)C1. The summed E-state index contributed by atoms with van der Waals surface area (Å²) < 4.78 is 13.2. The lowest BCUT2D eigenvalue weighted by molar-refractivity contribution is -0.138. The van der Waals surface area contributed by atoms with Gasteiger partial charge in [0, 0.05) is 26.1 Å². The van der Waals surface area contributed by atoms with Crippen LogP contribution < -0.4 is 5.32 Å². The standard InChI is InChI=1S/C18H25FN2O2S/c1-24-11-3-9-20-18(23)15-6-7-17(22)21(13-15)10-8-14-4-2-5-16(19)12-14/h2,4-5,12,15H,3,6-11,13H2,1H3,(H,20,23)/t15-/m0/s1. The Morgan fingerprint density at radius 3 is 3.04 bits per heavy atom. The van der Waals surface area contributed by atoms with Gasteiger partial charge in [-0.25, -0.2) is 4.39 Å². The summed E-state index contributed by atoms with van der Waals surface area (Å²) in [5.74, 6) is 0.755. The fourth-order valence-electron chi connectivity index (χ4n) is 2.87. The molecule has 0 aromatic heterocycles. The molecule has 0 unspecified atom stereocenters. The summed E-state index contributed by atoms with van der Waals surface area (Å²) >= 11 is 1.76. The monoisotopic (exact) mass is 352 g/mol. The van der Waals surface area contributed by atoms with Crippen molar-refractivity contribution < 1.29 is 14.0 Å². The first-order valence-corrected chi connectivity index (χ1v) is 9.78. The van der Waals surface area contributed by atoms with Gasteiger partial charge in [-0.15, -0.1) is 0 Å². The Labute approximate surface area is 147 Å². The third-order valence-corrected chi connectivity index (χ3v) is 4.95. The van der Waals surface area contributed by atoms with Crippen molar-refractivity contribution in [3.8, 4) is 0 Å². The molecule has 1 N–H and O–H groups in total. The molecule has 1 fully saturated rings. The molecule has 0 aliphatic carbocycles. The lowest BCUT2D eigenvalue weighted by Crippen LogP contribution is -2.46. The highest BCUT2D eigenvalue weighted by atomic mass is 32.2. The van der Waals surface area contributed by atoms with Crippen LogP contribution in [0.3, 0.4) is 0 Å². The topological polar surface area (TPSA) is 49.4 Å². The molecule has 24 heavy (non-hydrogen) atoms. The lowest BCUT2D eigenvalue weighted by atomic mass is 9.96. The summed E-state index contributed by atoms with van der Waals surface area (Å²) in [5, 5.41) is 2.96. The quantitative estimate of drug-likeness (QED) is 0.731. The molecule has 0 spiro atoms. The van der Waals surface area contributed by atoms with Crippen molar-refractivity contribution in [3.05, 3.63) is 35.6 Å².